The second-order valence-corrected chi connectivity index (χ2v) is 13.2. The first-order valence-electron chi connectivity index (χ1n) is 18.8. The molecule has 0 unspecified atom stereocenters. The average Bonchev–Trinajstić information content (AvgIpc) is 3.21. The van der Waals surface area contributed by atoms with Gasteiger partial charge in [0.2, 0.25) is 38.5 Å². The van der Waals surface area contributed by atoms with Gasteiger partial charge >= 0.3 is 18.9 Å². The molecule has 0 spiro atoms. The fourth-order valence-corrected chi connectivity index (χ4v) is 6.14. The predicted molar refractivity (Wildman–Crippen MR) is 190 cm³/mol. The minimum Gasteiger partial charge on any atom is -1.00 e. The Kier molecular flexibility index (Phi) is 32.1. The number of amides is 6. The van der Waals surface area contributed by atoms with Crippen LogP contribution in [0, 0.1) is 0 Å². The van der Waals surface area contributed by atoms with Crippen molar-refractivity contribution in [3.63, 3.8) is 0 Å². The van der Waals surface area contributed by atoms with Crippen molar-refractivity contribution in [1.82, 2.24) is 29.4 Å². The molecule has 0 saturated carbocycles. The van der Waals surface area contributed by atoms with E-state index in [0.29, 0.717) is 0 Å². The Balaban J connectivity index is 0. The van der Waals surface area contributed by atoms with Gasteiger partial charge in [-0.3, -0.25) is 28.8 Å². The number of likely N-dealkylation sites (tertiary alicyclic amines) is 6. The van der Waals surface area contributed by atoms with Gasteiger partial charge in [0.25, 0.3) is 0 Å². The van der Waals surface area contributed by atoms with E-state index in [1.165, 1.54) is 116 Å². The van der Waals surface area contributed by atoms with Crippen molar-refractivity contribution >= 4 is 38.5 Å². The number of hydrogen-bond acceptors (Lipinski definition) is 6. The van der Waals surface area contributed by atoms with Gasteiger partial charge < -0.3 is 30.8 Å². The Hall–Kier alpha value is -2.58. The van der Waals surface area contributed by atoms with Crippen molar-refractivity contribution in [2.24, 2.45) is 0 Å². The molecule has 0 N–H and O–H groups in total. The summed E-state index contributed by atoms with van der Waals surface area (Å²) in [6.45, 7) is 11.7. The Bertz CT molecular complexity index is 644. The minimum atomic E-state index is 0. The van der Waals surface area contributed by atoms with Gasteiger partial charge in [-0.2, -0.15) is 0 Å². The summed E-state index contributed by atoms with van der Waals surface area (Å²) in [5.41, 5.74) is 0. The van der Waals surface area contributed by atoms with E-state index < -0.39 is 0 Å². The smallest absolute Gasteiger partial charge is 1.00 e. The molecule has 0 aromatic carbocycles. The van der Waals surface area contributed by atoms with Crippen LogP contribution in [-0.2, 0) is 28.8 Å². The summed E-state index contributed by atoms with van der Waals surface area (Å²) >= 11 is 0. The molecule has 0 bridgehead atoms. The first-order chi connectivity index (χ1) is 23.6. The number of piperidine rings is 6. The van der Waals surface area contributed by atoms with E-state index in [9.17, 15) is 28.8 Å². The van der Waals surface area contributed by atoms with Gasteiger partial charge in [-0.05, 0) is 116 Å². The van der Waals surface area contributed by atoms with Crippen molar-refractivity contribution in [2.75, 3.05) is 78.5 Å². The van der Waals surface area contributed by atoms with E-state index in [2.05, 4.69) is 0 Å². The summed E-state index contributed by atoms with van der Waals surface area (Å²) in [5, 5.41) is 0. The van der Waals surface area contributed by atoms with Crippen LogP contribution in [0.5, 0.6) is 0 Å². The van der Waals surface area contributed by atoms with E-state index in [1.54, 1.807) is 0 Å². The fraction of sp³-hybridized carbons (Fsp3) is 0.833. The number of rotatable bonds is 6. The number of hydrogen-bond donors (Lipinski definition) is 0. The molecule has 0 atom stereocenters. The zero-order valence-electron chi connectivity index (χ0n) is 31.8. The van der Waals surface area contributed by atoms with Crippen LogP contribution in [0.1, 0.15) is 117 Å². The molecular weight excluding hydrogens is 619 g/mol. The Morgan fingerprint density at radius 2 is 0.327 bits per heavy atom. The molecule has 6 aliphatic rings. The van der Waals surface area contributed by atoms with Crippen molar-refractivity contribution in [1.29, 1.82) is 0 Å². The van der Waals surface area contributed by atoms with Crippen molar-refractivity contribution in [3.05, 3.63) is 0 Å². The average molecular weight is 687 g/mol. The summed E-state index contributed by atoms with van der Waals surface area (Å²) in [5.74, 6) is 0. The molecule has 0 aromatic rings. The van der Waals surface area contributed by atoms with Crippen LogP contribution in [0.2, 0.25) is 0 Å². The molecule has 6 rings (SSSR count). The van der Waals surface area contributed by atoms with Crippen LogP contribution >= 0.6 is 0 Å². The summed E-state index contributed by atoms with van der Waals surface area (Å²) in [6.07, 6.45) is 27.8. The van der Waals surface area contributed by atoms with E-state index in [1.807, 2.05) is 29.4 Å². The third-order valence-electron chi connectivity index (χ3n) is 9.24. The summed E-state index contributed by atoms with van der Waals surface area (Å²) in [4.78, 5) is 71.5. The molecule has 49 heavy (non-hydrogen) atoms. The quantitative estimate of drug-likeness (QED) is 0.303. The van der Waals surface area contributed by atoms with Gasteiger partial charge in [0.15, 0.2) is 0 Å². The second-order valence-electron chi connectivity index (χ2n) is 13.2. The minimum absolute atomic E-state index is 0. The Morgan fingerprint density at radius 3 is 0.388 bits per heavy atom. The number of carbonyl (C=O) groups is 6. The third kappa shape index (κ3) is 26.0. The normalized spacial score (nSPS) is 20.3. The Labute approximate surface area is 310 Å². The van der Waals surface area contributed by atoms with E-state index in [0.717, 1.165) is 117 Å². The largest absolute Gasteiger partial charge is 1.00 e. The molecule has 6 heterocycles. The first kappa shape index (κ1) is 46.4. The zero-order valence-corrected chi connectivity index (χ0v) is 30.8. The topological polar surface area (TPSA) is 122 Å². The van der Waals surface area contributed by atoms with Crippen LogP contribution in [-0.4, -0.2) is 146 Å². The molecule has 6 saturated heterocycles. The van der Waals surface area contributed by atoms with Gasteiger partial charge in [-0.1, -0.05) is 0 Å². The van der Waals surface area contributed by atoms with Crippen LogP contribution in [0.3, 0.4) is 0 Å². The van der Waals surface area contributed by atoms with Crippen molar-refractivity contribution in [3.8, 4) is 0 Å². The monoisotopic (exact) mass is 687 g/mol. The standard InChI is InChI=1S/6C6H11NO.Li.H/c6*8-6-7-4-2-1-3-5-7;;/h6*6H,1-5H2;;/q;;;;;;+1;-1. The van der Waals surface area contributed by atoms with Crippen LogP contribution in [0.4, 0.5) is 0 Å². The van der Waals surface area contributed by atoms with Gasteiger partial charge in [-0.15, -0.1) is 0 Å². The second kappa shape index (κ2) is 33.9. The van der Waals surface area contributed by atoms with Gasteiger partial charge in [0, 0.05) is 78.5 Å². The molecule has 6 amide bonds. The van der Waals surface area contributed by atoms with Crippen LogP contribution < -0.4 is 18.9 Å². The summed E-state index contributed by atoms with van der Waals surface area (Å²) < 4.78 is 0. The number of nitrogens with zero attached hydrogens (tertiary/aromatic N) is 6. The maximum atomic E-state index is 10.1. The SMILES string of the molecule is O=CN1CCCCC1.O=CN1CCCCC1.O=CN1CCCCC1.O=CN1CCCCC1.O=CN1CCCCC1.O=CN1CCCCC1.[H-].[Li+]. The van der Waals surface area contributed by atoms with Gasteiger partial charge in [0.05, 0.1) is 0 Å². The maximum absolute atomic E-state index is 10.1. The fourth-order valence-electron chi connectivity index (χ4n) is 6.14. The van der Waals surface area contributed by atoms with E-state index in [-0.39, 0.29) is 20.3 Å². The first-order valence-corrected chi connectivity index (χ1v) is 18.8. The van der Waals surface area contributed by atoms with E-state index in [4.69, 9.17) is 0 Å². The molecule has 0 aromatic heterocycles. The van der Waals surface area contributed by atoms with Crippen LogP contribution in [0.15, 0.2) is 0 Å². The number of carbonyl (C=O) groups excluding carboxylic acids is 6. The predicted octanol–water partition coefficient (Wildman–Crippen LogP) is 0.889. The molecule has 0 aliphatic carbocycles. The third-order valence-corrected chi connectivity index (χ3v) is 9.24. The molecule has 13 heteroatoms. The van der Waals surface area contributed by atoms with Crippen molar-refractivity contribution < 1.29 is 49.1 Å². The maximum Gasteiger partial charge on any atom is 1.00 e. The Morgan fingerprint density at radius 1 is 0.224 bits per heavy atom. The molecular formula is C36H67LiN6O6. The van der Waals surface area contributed by atoms with Crippen LogP contribution in [0.25, 0.3) is 0 Å². The van der Waals surface area contributed by atoms with Gasteiger partial charge in [0.1, 0.15) is 0 Å². The zero-order chi connectivity index (χ0) is 34.9. The molecule has 0 radical (unpaired) electrons. The summed E-state index contributed by atoms with van der Waals surface area (Å²) in [7, 11) is 0. The molecule has 6 aliphatic heterocycles. The van der Waals surface area contributed by atoms with Crippen molar-refractivity contribution in [2.45, 2.75) is 116 Å². The molecule has 12 nitrogen and oxygen atoms in total. The molecule has 6 fully saturated rings. The van der Waals surface area contributed by atoms with E-state index >= 15 is 0 Å². The van der Waals surface area contributed by atoms with Gasteiger partial charge in [-0.25, -0.2) is 0 Å². The molecule has 278 valence electrons. The summed E-state index contributed by atoms with van der Waals surface area (Å²) in [6, 6.07) is 0.